The molecular weight excluding hydrogens is 419 g/mol. The number of ether oxygens (including phenoxy) is 1. The van der Waals surface area contributed by atoms with Gasteiger partial charge in [0.2, 0.25) is 0 Å². The summed E-state index contributed by atoms with van der Waals surface area (Å²) in [5, 5.41) is 9.29. The Morgan fingerprint density at radius 2 is 1.97 bits per heavy atom. The number of halogens is 1. The van der Waals surface area contributed by atoms with E-state index in [1.54, 1.807) is 22.6 Å². The van der Waals surface area contributed by atoms with Crippen molar-refractivity contribution in [3.8, 4) is 0 Å². The summed E-state index contributed by atoms with van der Waals surface area (Å²) < 4.78 is 20.3. The van der Waals surface area contributed by atoms with E-state index in [2.05, 4.69) is 29.2 Å². The molecule has 0 radical (unpaired) electrons. The molecule has 1 saturated heterocycles. The van der Waals surface area contributed by atoms with Gasteiger partial charge in [-0.05, 0) is 24.3 Å². The zero-order valence-corrected chi connectivity index (χ0v) is 18.4. The van der Waals surface area contributed by atoms with Gasteiger partial charge in [0.15, 0.2) is 10.8 Å². The molecule has 1 fully saturated rings. The highest BCUT2D eigenvalue weighted by Gasteiger charge is 2.20. The van der Waals surface area contributed by atoms with E-state index in [9.17, 15) is 9.18 Å². The van der Waals surface area contributed by atoms with Crippen LogP contribution in [-0.4, -0.2) is 63.8 Å². The molecule has 2 aromatic heterocycles. The minimum Gasteiger partial charge on any atom is -0.378 e. The van der Waals surface area contributed by atoms with Crippen molar-refractivity contribution in [3.05, 3.63) is 41.8 Å². The number of hydrogen-bond donors (Lipinski definition) is 1. The Hall–Kier alpha value is -2.72. The van der Waals surface area contributed by atoms with Crippen LogP contribution in [0.25, 0.3) is 11.0 Å². The molecule has 0 saturated carbocycles. The third kappa shape index (κ3) is 5.13. The summed E-state index contributed by atoms with van der Waals surface area (Å²) >= 11 is 1.61. The lowest BCUT2D eigenvalue weighted by atomic mass is 10.2. The summed E-state index contributed by atoms with van der Waals surface area (Å²) in [6.45, 7) is 7.93. The molecule has 0 bridgehead atoms. The van der Waals surface area contributed by atoms with Crippen molar-refractivity contribution in [2.45, 2.75) is 30.8 Å². The third-order valence-corrected chi connectivity index (χ3v) is 5.69. The van der Waals surface area contributed by atoms with Crippen LogP contribution in [0.4, 0.5) is 10.2 Å². The summed E-state index contributed by atoms with van der Waals surface area (Å²) in [6, 6.07) is 5.47. The van der Waals surface area contributed by atoms with Gasteiger partial charge in [-0.3, -0.25) is 4.79 Å². The Labute approximate surface area is 184 Å². The quantitative estimate of drug-likeness (QED) is 0.443. The SMILES string of the molecule is CC(C)Sc1nc(N2CCOCC2)c2cnn(CCNC(=O)c3ccc(F)cc3)c2n1. The monoisotopic (exact) mass is 444 g/mol. The first-order valence-corrected chi connectivity index (χ1v) is 11.2. The summed E-state index contributed by atoms with van der Waals surface area (Å²) in [6.07, 6.45) is 1.78. The van der Waals surface area contributed by atoms with Crippen LogP contribution in [0.1, 0.15) is 24.2 Å². The van der Waals surface area contributed by atoms with Crippen LogP contribution in [-0.2, 0) is 11.3 Å². The van der Waals surface area contributed by atoms with E-state index in [1.165, 1.54) is 24.3 Å². The minimum atomic E-state index is -0.370. The summed E-state index contributed by atoms with van der Waals surface area (Å²) in [4.78, 5) is 24.0. The van der Waals surface area contributed by atoms with E-state index < -0.39 is 0 Å². The first-order chi connectivity index (χ1) is 15.0. The molecule has 1 amide bonds. The lowest BCUT2D eigenvalue weighted by Gasteiger charge is -2.28. The second-order valence-corrected chi connectivity index (χ2v) is 9.01. The number of fused-ring (bicyclic) bond motifs is 1. The number of anilines is 1. The van der Waals surface area contributed by atoms with Gasteiger partial charge in [0.05, 0.1) is 31.3 Å². The van der Waals surface area contributed by atoms with E-state index in [0.29, 0.717) is 42.3 Å². The number of aromatic nitrogens is 4. The fraction of sp³-hybridized carbons (Fsp3) is 0.429. The van der Waals surface area contributed by atoms with Crippen LogP contribution >= 0.6 is 11.8 Å². The van der Waals surface area contributed by atoms with Crippen molar-refractivity contribution in [2.24, 2.45) is 0 Å². The molecule has 8 nitrogen and oxygen atoms in total. The van der Waals surface area contributed by atoms with Crippen molar-refractivity contribution in [1.82, 2.24) is 25.1 Å². The summed E-state index contributed by atoms with van der Waals surface area (Å²) in [5.41, 5.74) is 1.16. The third-order valence-electron chi connectivity index (χ3n) is 4.82. The van der Waals surface area contributed by atoms with Gasteiger partial charge in [-0.1, -0.05) is 25.6 Å². The Bertz CT molecular complexity index is 1050. The molecule has 0 unspecified atom stereocenters. The van der Waals surface area contributed by atoms with E-state index in [4.69, 9.17) is 14.7 Å². The average Bonchev–Trinajstić information content (AvgIpc) is 3.16. The second-order valence-electron chi connectivity index (χ2n) is 7.46. The topological polar surface area (TPSA) is 85.2 Å². The molecule has 1 aromatic carbocycles. The number of carbonyl (C=O) groups excluding carboxylic acids is 1. The molecule has 31 heavy (non-hydrogen) atoms. The number of benzene rings is 1. The molecule has 3 heterocycles. The maximum absolute atomic E-state index is 13.0. The molecule has 4 rings (SSSR count). The number of amides is 1. The van der Waals surface area contributed by atoms with Gasteiger partial charge < -0.3 is 15.0 Å². The van der Waals surface area contributed by atoms with E-state index in [-0.39, 0.29) is 11.7 Å². The first kappa shape index (κ1) is 21.5. The van der Waals surface area contributed by atoms with Crippen LogP contribution < -0.4 is 10.2 Å². The van der Waals surface area contributed by atoms with Crippen molar-refractivity contribution in [2.75, 3.05) is 37.7 Å². The number of carbonyl (C=O) groups is 1. The molecule has 3 aromatic rings. The van der Waals surface area contributed by atoms with Crippen molar-refractivity contribution in [3.63, 3.8) is 0 Å². The highest BCUT2D eigenvalue weighted by molar-refractivity contribution is 7.99. The second kappa shape index (κ2) is 9.61. The van der Waals surface area contributed by atoms with Gasteiger partial charge in [-0.2, -0.15) is 5.10 Å². The molecule has 164 valence electrons. The number of nitrogens with one attached hydrogen (secondary N) is 1. The molecule has 0 atom stereocenters. The van der Waals surface area contributed by atoms with Crippen molar-refractivity contribution in [1.29, 1.82) is 0 Å². The number of rotatable bonds is 7. The zero-order chi connectivity index (χ0) is 21.8. The van der Waals surface area contributed by atoms with Gasteiger partial charge in [0.25, 0.3) is 5.91 Å². The Kier molecular flexibility index (Phi) is 6.67. The Balaban J connectivity index is 1.53. The van der Waals surface area contributed by atoms with Crippen LogP contribution in [0.3, 0.4) is 0 Å². The lowest BCUT2D eigenvalue weighted by molar-refractivity contribution is 0.0952. The maximum Gasteiger partial charge on any atom is 0.251 e. The fourth-order valence-electron chi connectivity index (χ4n) is 3.34. The van der Waals surface area contributed by atoms with Gasteiger partial charge in [-0.25, -0.2) is 19.0 Å². The summed E-state index contributed by atoms with van der Waals surface area (Å²) in [7, 11) is 0. The smallest absolute Gasteiger partial charge is 0.251 e. The van der Waals surface area contributed by atoms with Crippen LogP contribution in [0.5, 0.6) is 0 Å². The van der Waals surface area contributed by atoms with E-state index >= 15 is 0 Å². The number of thioether (sulfide) groups is 1. The van der Waals surface area contributed by atoms with E-state index in [0.717, 1.165) is 29.9 Å². The fourth-order valence-corrected chi connectivity index (χ4v) is 4.04. The molecule has 1 aliphatic rings. The first-order valence-electron chi connectivity index (χ1n) is 10.3. The molecule has 1 N–H and O–H groups in total. The highest BCUT2D eigenvalue weighted by Crippen LogP contribution is 2.29. The minimum absolute atomic E-state index is 0.254. The van der Waals surface area contributed by atoms with Crippen LogP contribution in [0.2, 0.25) is 0 Å². The number of hydrogen-bond acceptors (Lipinski definition) is 7. The average molecular weight is 445 g/mol. The Morgan fingerprint density at radius 1 is 1.23 bits per heavy atom. The van der Waals surface area contributed by atoms with Crippen LogP contribution in [0.15, 0.2) is 35.6 Å². The van der Waals surface area contributed by atoms with Gasteiger partial charge in [0, 0.05) is 30.4 Å². The molecule has 10 heteroatoms. The predicted octanol–water partition coefficient (Wildman–Crippen LogP) is 2.73. The standard InChI is InChI=1S/C21H25FN6O2S/c1-14(2)31-21-25-18(27-9-11-30-12-10-27)17-13-24-28(19(17)26-21)8-7-23-20(29)15-3-5-16(22)6-4-15/h3-6,13-14H,7-12H2,1-2H3,(H,23,29). The van der Waals surface area contributed by atoms with Gasteiger partial charge in [-0.15, -0.1) is 0 Å². The van der Waals surface area contributed by atoms with Gasteiger partial charge >= 0.3 is 0 Å². The largest absolute Gasteiger partial charge is 0.378 e. The molecule has 1 aliphatic heterocycles. The number of morpholine rings is 1. The number of nitrogens with zero attached hydrogens (tertiary/aromatic N) is 5. The summed E-state index contributed by atoms with van der Waals surface area (Å²) in [5.74, 6) is 0.250. The lowest BCUT2D eigenvalue weighted by Crippen LogP contribution is -2.37. The predicted molar refractivity (Wildman–Crippen MR) is 118 cm³/mol. The van der Waals surface area contributed by atoms with Crippen molar-refractivity contribution < 1.29 is 13.9 Å². The molecule has 0 aliphatic carbocycles. The zero-order valence-electron chi connectivity index (χ0n) is 17.5. The van der Waals surface area contributed by atoms with Crippen LogP contribution in [0, 0.1) is 5.82 Å². The normalized spacial score (nSPS) is 14.4. The van der Waals surface area contributed by atoms with Gasteiger partial charge in [0.1, 0.15) is 11.6 Å². The van der Waals surface area contributed by atoms with Crippen molar-refractivity contribution >= 4 is 34.5 Å². The van der Waals surface area contributed by atoms with E-state index in [1.807, 2.05) is 0 Å². The molecular formula is C21H25FN6O2S. The molecule has 0 spiro atoms. The Morgan fingerprint density at radius 3 is 2.68 bits per heavy atom. The maximum atomic E-state index is 13.0. The highest BCUT2D eigenvalue weighted by atomic mass is 32.2.